The molecule has 0 radical (unpaired) electrons. The van der Waals surface area contributed by atoms with Crippen molar-refractivity contribution in [3.05, 3.63) is 109 Å². The monoisotopic (exact) mass is 577 g/mol. The Bertz CT molecular complexity index is 1570. The van der Waals surface area contributed by atoms with E-state index in [-0.39, 0.29) is 43.2 Å². The molecule has 9 nitrogen and oxygen atoms in total. The lowest BCUT2D eigenvalue weighted by Crippen LogP contribution is -2.57. The SMILES string of the molecule is O=C(O)N1CCN(C(=O)c2ncn(C3CCCCN(c4ccccc4)C3=O)c2-c2ccccc2)[C@H](Cc2ccccc2)C1. The van der Waals surface area contributed by atoms with E-state index < -0.39 is 12.1 Å². The Balaban J connectivity index is 1.38. The molecule has 4 aromatic rings. The van der Waals surface area contributed by atoms with Crippen LogP contribution in [0.5, 0.6) is 0 Å². The maximum absolute atomic E-state index is 14.4. The fourth-order valence-electron chi connectivity index (χ4n) is 6.27. The van der Waals surface area contributed by atoms with Crippen molar-refractivity contribution in [1.29, 1.82) is 0 Å². The van der Waals surface area contributed by atoms with Gasteiger partial charge in [0.1, 0.15) is 6.04 Å². The van der Waals surface area contributed by atoms with E-state index >= 15 is 0 Å². The predicted molar refractivity (Wildman–Crippen MR) is 164 cm³/mol. The molecule has 3 amide bonds. The summed E-state index contributed by atoms with van der Waals surface area (Å²) >= 11 is 0. The summed E-state index contributed by atoms with van der Waals surface area (Å²) in [6.07, 6.45) is 3.55. The Labute approximate surface area is 251 Å². The molecule has 6 rings (SSSR count). The first-order chi connectivity index (χ1) is 21.0. The number of benzene rings is 3. The maximum atomic E-state index is 14.4. The molecule has 1 unspecified atom stereocenters. The van der Waals surface area contributed by atoms with Crippen LogP contribution in [0.2, 0.25) is 0 Å². The fraction of sp³-hybridized carbons (Fsp3) is 0.294. The van der Waals surface area contributed by atoms with Crippen molar-refractivity contribution in [3.63, 3.8) is 0 Å². The first kappa shape index (κ1) is 28.2. The van der Waals surface area contributed by atoms with Crippen LogP contribution < -0.4 is 4.90 Å². The summed E-state index contributed by atoms with van der Waals surface area (Å²) in [5.74, 6) is -0.279. The molecule has 2 aliphatic rings. The Morgan fingerprint density at radius 1 is 0.837 bits per heavy atom. The van der Waals surface area contributed by atoms with Crippen LogP contribution in [0.1, 0.15) is 41.4 Å². The molecule has 9 heteroatoms. The molecule has 3 aromatic carbocycles. The fourth-order valence-corrected chi connectivity index (χ4v) is 6.27. The number of amides is 3. The maximum Gasteiger partial charge on any atom is 0.407 e. The summed E-state index contributed by atoms with van der Waals surface area (Å²) < 4.78 is 1.88. The standard InChI is InChI=1S/C34H35N5O4/c40-32-29(18-10-11-19-37(32)27-16-8-3-9-17-27)39-24-35-30(31(39)26-14-6-2-7-15-26)33(41)38-21-20-36(34(42)43)23-28(38)22-25-12-4-1-5-13-25/h1-9,12-17,24,28-29H,10-11,18-23H2,(H,42,43)/t28-,29?/m1/s1. The highest BCUT2D eigenvalue weighted by Gasteiger charge is 2.37. The molecule has 2 saturated heterocycles. The van der Waals surface area contributed by atoms with Crippen LogP contribution in [0.15, 0.2) is 97.3 Å². The minimum absolute atomic E-state index is 0.0192. The average Bonchev–Trinajstić information content (AvgIpc) is 3.39. The van der Waals surface area contributed by atoms with Crippen LogP contribution in [0.4, 0.5) is 10.5 Å². The summed E-state index contributed by atoms with van der Waals surface area (Å²) in [5.41, 5.74) is 3.57. The topological polar surface area (TPSA) is 99.0 Å². The molecule has 2 aliphatic heterocycles. The molecule has 3 heterocycles. The largest absolute Gasteiger partial charge is 0.465 e. The number of imidazole rings is 1. The van der Waals surface area contributed by atoms with Crippen molar-refractivity contribution in [2.45, 2.75) is 37.8 Å². The van der Waals surface area contributed by atoms with Gasteiger partial charge in [-0.2, -0.15) is 0 Å². The molecule has 1 N–H and O–H groups in total. The van der Waals surface area contributed by atoms with Gasteiger partial charge >= 0.3 is 6.09 Å². The van der Waals surface area contributed by atoms with Gasteiger partial charge < -0.3 is 24.4 Å². The summed E-state index contributed by atoms with van der Waals surface area (Å²) in [6, 6.07) is 28.2. The van der Waals surface area contributed by atoms with Crippen molar-refractivity contribution in [2.24, 2.45) is 0 Å². The second-order valence-corrected chi connectivity index (χ2v) is 11.1. The van der Waals surface area contributed by atoms with Crippen molar-refractivity contribution in [2.75, 3.05) is 31.1 Å². The van der Waals surface area contributed by atoms with Gasteiger partial charge in [-0.15, -0.1) is 0 Å². The van der Waals surface area contributed by atoms with E-state index in [2.05, 4.69) is 4.98 Å². The quantitative estimate of drug-likeness (QED) is 0.333. The van der Waals surface area contributed by atoms with E-state index in [1.807, 2.05) is 100 Å². The summed E-state index contributed by atoms with van der Waals surface area (Å²) in [4.78, 5) is 50.0. The van der Waals surface area contributed by atoms with E-state index in [9.17, 15) is 19.5 Å². The van der Waals surface area contributed by atoms with Crippen molar-refractivity contribution >= 4 is 23.6 Å². The second-order valence-electron chi connectivity index (χ2n) is 11.1. The number of para-hydroxylation sites is 1. The lowest BCUT2D eigenvalue weighted by Gasteiger charge is -2.40. The minimum atomic E-state index is -0.991. The van der Waals surface area contributed by atoms with Crippen LogP contribution in [0, 0.1) is 0 Å². The van der Waals surface area contributed by atoms with Crippen LogP contribution in [-0.2, 0) is 11.2 Å². The number of hydrogen-bond donors (Lipinski definition) is 1. The molecule has 43 heavy (non-hydrogen) atoms. The van der Waals surface area contributed by atoms with E-state index in [1.54, 1.807) is 11.2 Å². The highest BCUT2D eigenvalue weighted by Crippen LogP contribution is 2.34. The first-order valence-electron chi connectivity index (χ1n) is 14.8. The van der Waals surface area contributed by atoms with Crippen molar-refractivity contribution in [1.82, 2.24) is 19.4 Å². The smallest absolute Gasteiger partial charge is 0.407 e. The second kappa shape index (κ2) is 12.5. The van der Waals surface area contributed by atoms with Crippen LogP contribution in [-0.4, -0.2) is 74.6 Å². The average molecular weight is 578 g/mol. The number of rotatable bonds is 6. The van der Waals surface area contributed by atoms with E-state index in [0.29, 0.717) is 25.1 Å². The lowest BCUT2D eigenvalue weighted by molar-refractivity contribution is -0.121. The van der Waals surface area contributed by atoms with Gasteiger partial charge in [0, 0.05) is 37.4 Å². The number of carbonyl (C=O) groups excluding carboxylic acids is 2. The lowest BCUT2D eigenvalue weighted by atomic mass is 10.0. The Morgan fingerprint density at radius 2 is 1.51 bits per heavy atom. The molecule has 2 fully saturated rings. The number of carboxylic acid groups (broad SMARTS) is 1. The highest BCUT2D eigenvalue weighted by molar-refractivity contribution is 6.00. The number of anilines is 1. The van der Waals surface area contributed by atoms with E-state index in [4.69, 9.17) is 0 Å². The third-order valence-electron chi connectivity index (χ3n) is 8.44. The van der Waals surface area contributed by atoms with Gasteiger partial charge in [-0.3, -0.25) is 9.59 Å². The van der Waals surface area contributed by atoms with Gasteiger partial charge in [-0.1, -0.05) is 78.9 Å². The zero-order valence-corrected chi connectivity index (χ0v) is 24.0. The van der Waals surface area contributed by atoms with Gasteiger partial charge in [0.25, 0.3) is 5.91 Å². The molecular formula is C34H35N5O4. The Morgan fingerprint density at radius 3 is 2.21 bits per heavy atom. The van der Waals surface area contributed by atoms with Gasteiger partial charge in [0.15, 0.2) is 5.69 Å². The first-order valence-corrected chi connectivity index (χ1v) is 14.8. The van der Waals surface area contributed by atoms with Crippen molar-refractivity contribution in [3.8, 4) is 11.3 Å². The molecule has 220 valence electrons. The third kappa shape index (κ3) is 5.88. The van der Waals surface area contributed by atoms with E-state index in [1.165, 1.54) is 4.90 Å². The molecule has 0 spiro atoms. The summed E-state index contributed by atoms with van der Waals surface area (Å²) in [5, 5.41) is 9.73. The van der Waals surface area contributed by atoms with Gasteiger partial charge in [-0.25, -0.2) is 9.78 Å². The number of aromatic nitrogens is 2. The Kier molecular flexibility index (Phi) is 8.22. The minimum Gasteiger partial charge on any atom is -0.465 e. The van der Waals surface area contributed by atoms with Gasteiger partial charge in [-0.05, 0) is 43.4 Å². The van der Waals surface area contributed by atoms with Crippen LogP contribution >= 0.6 is 0 Å². The van der Waals surface area contributed by atoms with Gasteiger partial charge in [0.2, 0.25) is 5.91 Å². The van der Waals surface area contributed by atoms with Crippen molar-refractivity contribution < 1.29 is 19.5 Å². The predicted octanol–water partition coefficient (Wildman–Crippen LogP) is 5.36. The van der Waals surface area contributed by atoms with Crippen LogP contribution in [0.25, 0.3) is 11.3 Å². The summed E-state index contributed by atoms with van der Waals surface area (Å²) in [6.45, 7) is 1.33. The molecule has 0 saturated carbocycles. The number of piperazine rings is 1. The highest BCUT2D eigenvalue weighted by atomic mass is 16.4. The summed E-state index contributed by atoms with van der Waals surface area (Å²) in [7, 11) is 0. The van der Waals surface area contributed by atoms with Gasteiger partial charge in [0.05, 0.1) is 18.1 Å². The number of nitrogens with zero attached hydrogens (tertiary/aromatic N) is 5. The normalized spacial score (nSPS) is 19.3. The molecule has 2 atom stereocenters. The molecular weight excluding hydrogens is 542 g/mol. The molecule has 0 bridgehead atoms. The zero-order chi connectivity index (χ0) is 29.8. The number of carbonyl (C=O) groups is 3. The molecule has 1 aromatic heterocycles. The molecule has 0 aliphatic carbocycles. The number of hydrogen-bond acceptors (Lipinski definition) is 4. The van der Waals surface area contributed by atoms with E-state index in [0.717, 1.165) is 29.7 Å². The zero-order valence-electron chi connectivity index (χ0n) is 24.0. The Hall–Kier alpha value is -4.92. The van der Waals surface area contributed by atoms with Crippen LogP contribution in [0.3, 0.4) is 0 Å². The third-order valence-corrected chi connectivity index (χ3v) is 8.44.